The summed E-state index contributed by atoms with van der Waals surface area (Å²) in [4.78, 5) is 12.3. The van der Waals surface area contributed by atoms with E-state index in [4.69, 9.17) is 27.9 Å². The molecule has 3 aromatic rings. The molecule has 2 nitrogen and oxygen atoms in total. The molecule has 0 saturated heterocycles. The fourth-order valence-corrected chi connectivity index (χ4v) is 2.94. The zero-order chi connectivity index (χ0) is 17.4. The fraction of sp³-hybridized carbons (Fsp3) is 0.0556. The maximum atomic E-state index is 14.1. The van der Waals surface area contributed by atoms with E-state index in [1.54, 1.807) is 24.3 Å². The highest BCUT2D eigenvalue weighted by atomic mass is 35.5. The Labute approximate surface area is 146 Å². The van der Waals surface area contributed by atoms with Gasteiger partial charge in [0.25, 0.3) is 0 Å². The van der Waals surface area contributed by atoms with Gasteiger partial charge in [0.1, 0.15) is 17.2 Å². The first kappa shape index (κ1) is 16.7. The van der Waals surface area contributed by atoms with Crippen molar-refractivity contribution in [1.82, 2.24) is 0 Å². The van der Waals surface area contributed by atoms with Crippen LogP contribution < -0.4 is 4.74 Å². The van der Waals surface area contributed by atoms with Gasteiger partial charge in [-0.15, -0.1) is 0 Å². The average Bonchev–Trinajstić information content (AvgIpc) is 2.55. The Bertz CT molecular complexity index is 971. The first-order chi connectivity index (χ1) is 11.4. The SMILES string of the molecule is Cc1ccc(F)c(C(=O)Oc2c(Cl)cc(Cl)c3ccccc23)c1F. The molecule has 6 heteroatoms. The Hall–Kier alpha value is -2.17. The van der Waals surface area contributed by atoms with Crippen molar-refractivity contribution >= 4 is 39.9 Å². The molecule has 0 N–H and O–H groups in total. The van der Waals surface area contributed by atoms with Gasteiger partial charge in [-0.2, -0.15) is 0 Å². The van der Waals surface area contributed by atoms with Crippen LogP contribution in [0.4, 0.5) is 8.78 Å². The van der Waals surface area contributed by atoms with E-state index < -0.39 is 23.2 Å². The zero-order valence-corrected chi connectivity index (χ0v) is 13.9. The number of aryl methyl sites for hydroxylation is 1. The van der Waals surface area contributed by atoms with Gasteiger partial charge in [0, 0.05) is 10.8 Å². The highest BCUT2D eigenvalue weighted by Gasteiger charge is 2.23. The molecular formula is C18H10Cl2F2O2. The molecule has 0 unspecified atom stereocenters. The zero-order valence-electron chi connectivity index (χ0n) is 12.4. The molecule has 0 saturated carbocycles. The molecule has 3 aromatic carbocycles. The van der Waals surface area contributed by atoms with Gasteiger partial charge in [-0.05, 0) is 24.6 Å². The second-order valence-electron chi connectivity index (χ2n) is 5.16. The molecule has 0 spiro atoms. The number of hydrogen-bond acceptors (Lipinski definition) is 2. The molecule has 0 aliphatic heterocycles. The van der Waals surface area contributed by atoms with Crippen molar-refractivity contribution in [2.75, 3.05) is 0 Å². The molecule has 0 aromatic heterocycles. The molecule has 0 atom stereocenters. The van der Waals surface area contributed by atoms with Gasteiger partial charge < -0.3 is 4.74 Å². The van der Waals surface area contributed by atoms with Crippen LogP contribution >= 0.6 is 23.2 Å². The Balaban J connectivity index is 2.12. The van der Waals surface area contributed by atoms with Crippen molar-refractivity contribution < 1.29 is 18.3 Å². The van der Waals surface area contributed by atoms with Crippen LogP contribution in [0.3, 0.4) is 0 Å². The van der Waals surface area contributed by atoms with Crippen molar-refractivity contribution in [1.29, 1.82) is 0 Å². The normalized spacial score (nSPS) is 10.9. The summed E-state index contributed by atoms with van der Waals surface area (Å²) in [6.45, 7) is 1.43. The van der Waals surface area contributed by atoms with Gasteiger partial charge in [-0.3, -0.25) is 0 Å². The molecule has 0 fully saturated rings. The number of ether oxygens (including phenoxy) is 1. The summed E-state index contributed by atoms with van der Waals surface area (Å²) in [5.41, 5.74) is -0.625. The van der Waals surface area contributed by atoms with Crippen molar-refractivity contribution in [3.05, 3.63) is 75.3 Å². The average molecular weight is 367 g/mol. The smallest absolute Gasteiger partial charge is 0.349 e. The third kappa shape index (κ3) is 2.83. The highest BCUT2D eigenvalue weighted by Crippen LogP contribution is 2.38. The van der Waals surface area contributed by atoms with E-state index in [2.05, 4.69) is 0 Å². The van der Waals surface area contributed by atoms with Crippen LogP contribution in [-0.4, -0.2) is 5.97 Å². The first-order valence-electron chi connectivity index (χ1n) is 6.93. The predicted molar refractivity (Wildman–Crippen MR) is 90.0 cm³/mol. The third-order valence-electron chi connectivity index (χ3n) is 3.58. The molecule has 0 bridgehead atoms. The summed E-state index contributed by atoms with van der Waals surface area (Å²) in [5.74, 6) is -3.13. The van der Waals surface area contributed by atoms with Gasteiger partial charge >= 0.3 is 5.97 Å². The molecule has 0 aliphatic carbocycles. The van der Waals surface area contributed by atoms with E-state index in [0.29, 0.717) is 15.8 Å². The monoisotopic (exact) mass is 366 g/mol. The summed E-state index contributed by atoms with van der Waals surface area (Å²) in [6, 6.07) is 10.5. The lowest BCUT2D eigenvalue weighted by Crippen LogP contribution is -2.14. The van der Waals surface area contributed by atoms with Gasteiger partial charge in [-0.1, -0.05) is 53.5 Å². The maximum absolute atomic E-state index is 14.1. The van der Waals surface area contributed by atoms with E-state index in [9.17, 15) is 13.6 Å². The molecule has 3 rings (SSSR count). The summed E-state index contributed by atoms with van der Waals surface area (Å²) >= 11 is 12.2. The second-order valence-corrected chi connectivity index (χ2v) is 5.97. The number of rotatable bonds is 2. The molecular weight excluding hydrogens is 357 g/mol. The summed E-state index contributed by atoms with van der Waals surface area (Å²) in [6.07, 6.45) is 0. The van der Waals surface area contributed by atoms with E-state index in [1.165, 1.54) is 19.1 Å². The Morgan fingerprint density at radius 3 is 2.38 bits per heavy atom. The van der Waals surface area contributed by atoms with Crippen LogP contribution in [0.1, 0.15) is 15.9 Å². The van der Waals surface area contributed by atoms with Crippen LogP contribution in [0.2, 0.25) is 10.0 Å². The lowest BCUT2D eigenvalue weighted by molar-refractivity contribution is 0.0727. The maximum Gasteiger partial charge on any atom is 0.349 e. The van der Waals surface area contributed by atoms with Crippen molar-refractivity contribution in [3.8, 4) is 5.75 Å². The van der Waals surface area contributed by atoms with Gasteiger partial charge in [0.2, 0.25) is 0 Å². The van der Waals surface area contributed by atoms with Gasteiger partial charge in [0.05, 0.1) is 10.0 Å². The Kier molecular flexibility index (Phi) is 4.43. The van der Waals surface area contributed by atoms with Crippen molar-refractivity contribution in [3.63, 3.8) is 0 Å². The Morgan fingerprint density at radius 1 is 1.00 bits per heavy atom. The molecule has 0 aliphatic rings. The number of esters is 1. The van der Waals surface area contributed by atoms with Crippen LogP contribution in [0.25, 0.3) is 10.8 Å². The Morgan fingerprint density at radius 2 is 1.67 bits per heavy atom. The van der Waals surface area contributed by atoms with Crippen LogP contribution in [0.15, 0.2) is 42.5 Å². The van der Waals surface area contributed by atoms with Crippen LogP contribution in [-0.2, 0) is 0 Å². The quantitative estimate of drug-likeness (QED) is 0.413. The minimum absolute atomic E-state index is 0.00183. The largest absolute Gasteiger partial charge is 0.421 e. The molecule has 24 heavy (non-hydrogen) atoms. The standard InChI is InChI=1S/C18H10Cl2F2O2/c1-9-6-7-14(21)15(16(9)22)18(23)24-17-11-5-3-2-4-10(11)12(19)8-13(17)20/h2-8H,1H3. The van der Waals surface area contributed by atoms with Gasteiger partial charge in [-0.25, -0.2) is 13.6 Å². The van der Waals surface area contributed by atoms with E-state index in [-0.39, 0.29) is 16.3 Å². The highest BCUT2D eigenvalue weighted by molar-refractivity contribution is 6.40. The minimum Gasteiger partial charge on any atom is -0.421 e. The lowest BCUT2D eigenvalue weighted by Gasteiger charge is -2.12. The van der Waals surface area contributed by atoms with Crippen molar-refractivity contribution in [2.24, 2.45) is 0 Å². The first-order valence-corrected chi connectivity index (χ1v) is 7.69. The number of fused-ring (bicyclic) bond motifs is 1. The molecule has 0 radical (unpaired) electrons. The number of carbonyl (C=O) groups is 1. The molecule has 0 heterocycles. The number of halogens is 4. The third-order valence-corrected chi connectivity index (χ3v) is 4.18. The topological polar surface area (TPSA) is 26.3 Å². The van der Waals surface area contributed by atoms with E-state index in [1.807, 2.05) is 0 Å². The number of carbonyl (C=O) groups excluding carboxylic acids is 1. The fourth-order valence-electron chi connectivity index (χ4n) is 2.36. The van der Waals surface area contributed by atoms with Crippen molar-refractivity contribution in [2.45, 2.75) is 6.92 Å². The number of hydrogen-bond donors (Lipinski definition) is 0. The van der Waals surface area contributed by atoms with E-state index >= 15 is 0 Å². The molecule has 0 amide bonds. The second kappa shape index (κ2) is 6.38. The van der Waals surface area contributed by atoms with E-state index in [0.717, 1.165) is 6.07 Å². The predicted octanol–water partition coefficient (Wildman–Crippen LogP) is 5.95. The van der Waals surface area contributed by atoms with Crippen LogP contribution in [0, 0.1) is 18.6 Å². The van der Waals surface area contributed by atoms with Crippen LogP contribution in [0.5, 0.6) is 5.75 Å². The van der Waals surface area contributed by atoms with Gasteiger partial charge in [0.15, 0.2) is 5.75 Å². The summed E-state index contributed by atoms with van der Waals surface area (Å²) < 4.78 is 33.2. The number of benzene rings is 3. The minimum atomic E-state index is -1.16. The molecule has 122 valence electrons. The summed E-state index contributed by atoms with van der Waals surface area (Å²) in [7, 11) is 0. The summed E-state index contributed by atoms with van der Waals surface area (Å²) in [5, 5.41) is 1.53. The lowest BCUT2D eigenvalue weighted by atomic mass is 10.1.